The molecule has 4 rings (SSSR count). The fraction of sp³-hybridized carbons (Fsp3) is 0.0588. The number of aryl methyl sites for hydroxylation is 1. The average Bonchev–Trinajstić information content (AvgIpc) is 3.25. The molecule has 1 N–H and O–H groups in total. The minimum absolute atomic E-state index is 0.273. The topological polar surface area (TPSA) is 77.1 Å². The van der Waals surface area contributed by atoms with Crippen molar-refractivity contribution >= 4 is 17.2 Å². The first kappa shape index (κ1) is 14.1. The Balaban J connectivity index is 1.68. The Morgan fingerprint density at radius 1 is 1.12 bits per heavy atom. The standard InChI is InChI=1S/C17H14N6O/c1-12-5-4-8-16-20-14(9-22(12)16)17(24)21-13-6-2-3-7-15(13)23-11-18-10-19-23/h2-11H,1H3,(H,21,24). The van der Waals surface area contributed by atoms with Crippen LogP contribution in [0.15, 0.2) is 61.3 Å². The monoisotopic (exact) mass is 318 g/mol. The van der Waals surface area contributed by atoms with Crippen molar-refractivity contribution in [3.63, 3.8) is 0 Å². The Hall–Kier alpha value is -3.48. The summed E-state index contributed by atoms with van der Waals surface area (Å²) in [6.07, 6.45) is 4.76. The fourth-order valence-corrected chi connectivity index (χ4v) is 2.56. The first-order chi connectivity index (χ1) is 11.7. The third-order valence-corrected chi connectivity index (χ3v) is 3.75. The lowest BCUT2D eigenvalue weighted by Gasteiger charge is -2.09. The van der Waals surface area contributed by atoms with Crippen LogP contribution in [-0.4, -0.2) is 30.1 Å². The number of para-hydroxylation sites is 2. The van der Waals surface area contributed by atoms with Gasteiger partial charge in [0.2, 0.25) is 0 Å². The SMILES string of the molecule is Cc1cccc2nc(C(=O)Nc3ccccc3-n3cncn3)cn12. The van der Waals surface area contributed by atoms with E-state index in [2.05, 4.69) is 20.4 Å². The zero-order valence-corrected chi connectivity index (χ0v) is 12.9. The number of carbonyl (C=O) groups is 1. The van der Waals surface area contributed by atoms with Crippen molar-refractivity contribution in [2.75, 3.05) is 5.32 Å². The van der Waals surface area contributed by atoms with E-state index in [1.807, 2.05) is 53.8 Å². The summed E-state index contributed by atoms with van der Waals surface area (Å²) in [4.78, 5) is 20.9. The average molecular weight is 318 g/mol. The number of rotatable bonds is 3. The zero-order valence-electron chi connectivity index (χ0n) is 12.9. The van der Waals surface area contributed by atoms with Gasteiger partial charge in [0.05, 0.1) is 11.4 Å². The molecule has 1 aromatic carbocycles. The quantitative estimate of drug-likeness (QED) is 0.629. The van der Waals surface area contributed by atoms with Gasteiger partial charge in [-0.2, -0.15) is 5.10 Å². The maximum Gasteiger partial charge on any atom is 0.275 e. The fourth-order valence-electron chi connectivity index (χ4n) is 2.56. The molecule has 0 aliphatic carbocycles. The first-order valence-electron chi connectivity index (χ1n) is 7.42. The number of hydrogen-bond acceptors (Lipinski definition) is 4. The van der Waals surface area contributed by atoms with Crippen molar-refractivity contribution in [3.8, 4) is 5.69 Å². The lowest BCUT2D eigenvalue weighted by atomic mass is 10.2. The third kappa shape index (κ3) is 2.41. The van der Waals surface area contributed by atoms with E-state index >= 15 is 0 Å². The molecule has 0 aliphatic heterocycles. The molecule has 0 atom stereocenters. The maximum absolute atomic E-state index is 12.6. The number of hydrogen-bond donors (Lipinski definition) is 1. The Morgan fingerprint density at radius 2 is 2.00 bits per heavy atom. The molecule has 3 heterocycles. The van der Waals surface area contributed by atoms with E-state index in [0.717, 1.165) is 17.0 Å². The number of carbonyl (C=O) groups excluding carboxylic acids is 1. The summed E-state index contributed by atoms with van der Waals surface area (Å²) in [7, 11) is 0. The van der Waals surface area contributed by atoms with Gasteiger partial charge >= 0.3 is 0 Å². The van der Waals surface area contributed by atoms with E-state index in [1.165, 1.54) is 6.33 Å². The second-order valence-electron chi connectivity index (χ2n) is 5.33. The molecule has 118 valence electrons. The van der Waals surface area contributed by atoms with Gasteiger partial charge in [0.1, 0.15) is 24.0 Å². The van der Waals surface area contributed by atoms with Crippen molar-refractivity contribution in [2.45, 2.75) is 6.92 Å². The van der Waals surface area contributed by atoms with Crippen LogP contribution < -0.4 is 5.32 Å². The molecule has 0 saturated carbocycles. The van der Waals surface area contributed by atoms with Crippen LogP contribution in [0.1, 0.15) is 16.2 Å². The lowest BCUT2D eigenvalue weighted by molar-refractivity contribution is 0.102. The van der Waals surface area contributed by atoms with E-state index < -0.39 is 0 Å². The molecule has 1 amide bonds. The molecule has 0 aliphatic rings. The van der Waals surface area contributed by atoms with Crippen LogP contribution in [0.3, 0.4) is 0 Å². The summed E-state index contributed by atoms with van der Waals surface area (Å²) in [5.74, 6) is -0.273. The van der Waals surface area contributed by atoms with Gasteiger partial charge in [-0.1, -0.05) is 18.2 Å². The van der Waals surface area contributed by atoms with Crippen molar-refractivity contribution < 1.29 is 4.79 Å². The van der Waals surface area contributed by atoms with E-state index in [4.69, 9.17) is 0 Å². The minimum atomic E-state index is -0.273. The van der Waals surface area contributed by atoms with Crippen LogP contribution >= 0.6 is 0 Å². The minimum Gasteiger partial charge on any atom is -0.319 e. The molecule has 3 aromatic heterocycles. The largest absolute Gasteiger partial charge is 0.319 e. The van der Waals surface area contributed by atoms with E-state index in [0.29, 0.717) is 11.4 Å². The molecular weight excluding hydrogens is 304 g/mol. The van der Waals surface area contributed by atoms with Crippen molar-refractivity contribution in [2.24, 2.45) is 0 Å². The normalized spacial score (nSPS) is 10.9. The van der Waals surface area contributed by atoms with Gasteiger partial charge in [0.25, 0.3) is 5.91 Å². The van der Waals surface area contributed by atoms with Crippen LogP contribution in [0.5, 0.6) is 0 Å². The van der Waals surface area contributed by atoms with Crippen molar-refractivity contribution in [3.05, 3.63) is 72.7 Å². The second kappa shape index (κ2) is 5.62. The molecule has 0 saturated heterocycles. The molecule has 7 heteroatoms. The number of pyridine rings is 1. The van der Waals surface area contributed by atoms with Gasteiger partial charge in [-0.25, -0.2) is 14.6 Å². The molecular formula is C17H14N6O. The molecule has 7 nitrogen and oxygen atoms in total. The van der Waals surface area contributed by atoms with Gasteiger partial charge < -0.3 is 9.72 Å². The summed E-state index contributed by atoms with van der Waals surface area (Å²) in [6.45, 7) is 1.97. The van der Waals surface area contributed by atoms with Gasteiger partial charge in [-0.3, -0.25) is 4.79 Å². The zero-order chi connectivity index (χ0) is 16.5. The molecule has 0 unspecified atom stereocenters. The summed E-state index contributed by atoms with van der Waals surface area (Å²) >= 11 is 0. The van der Waals surface area contributed by atoms with E-state index in [-0.39, 0.29) is 5.91 Å². The third-order valence-electron chi connectivity index (χ3n) is 3.75. The van der Waals surface area contributed by atoms with Crippen LogP contribution in [-0.2, 0) is 0 Å². The molecule has 0 bridgehead atoms. The number of aromatic nitrogens is 5. The first-order valence-corrected chi connectivity index (χ1v) is 7.42. The number of anilines is 1. The predicted octanol–water partition coefficient (Wildman–Crippen LogP) is 2.48. The molecule has 0 radical (unpaired) electrons. The molecule has 0 fully saturated rings. The summed E-state index contributed by atoms with van der Waals surface area (Å²) in [6, 6.07) is 13.2. The van der Waals surface area contributed by atoms with E-state index in [1.54, 1.807) is 17.2 Å². The highest BCUT2D eigenvalue weighted by atomic mass is 16.1. The van der Waals surface area contributed by atoms with Gasteiger partial charge in [-0.05, 0) is 31.2 Å². The smallest absolute Gasteiger partial charge is 0.275 e. The highest BCUT2D eigenvalue weighted by Crippen LogP contribution is 2.19. The second-order valence-corrected chi connectivity index (χ2v) is 5.33. The summed E-state index contributed by atoms with van der Waals surface area (Å²) in [5, 5.41) is 7.00. The Morgan fingerprint density at radius 3 is 2.79 bits per heavy atom. The highest BCUT2D eigenvalue weighted by molar-refractivity contribution is 6.04. The van der Waals surface area contributed by atoms with Gasteiger partial charge in [0.15, 0.2) is 0 Å². The van der Waals surface area contributed by atoms with Gasteiger partial charge in [-0.15, -0.1) is 0 Å². The Bertz CT molecular complexity index is 1020. The van der Waals surface area contributed by atoms with Gasteiger partial charge in [0, 0.05) is 11.9 Å². The van der Waals surface area contributed by atoms with Crippen LogP contribution in [0, 0.1) is 6.92 Å². The van der Waals surface area contributed by atoms with Crippen LogP contribution in [0.4, 0.5) is 5.69 Å². The molecule has 0 spiro atoms. The summed E-state index contributed by atoms with van der Waals surface area (Å²) < 4.78 is 3.49. The number of fused-ring (bicyclic) bond motifs is 1. The predicted molar refractivity (Wildman–Crippen MR) is 89.2 cm³/mol. The highest BCUT2D eigenvalue weighted by Gasteiger charge is 2.14. The number of amides is 1. The Labute approximate surface area is 137 Å². The molecule has 4 aromatic rings. The van der Waals surface area contributed by atoms with Crippen molar-refractivity contribution in [1.29, 1.82) is 0 Å². The number of nitrogens with one attached hydrogen (secondary N) is 1. The number of benzene rings is 1. The van der Waals surface area contributed by atoms with Crippen molar-refractivity contribution in [1.82, 2.24) is 24.1 Å². The number of nitrogens with zero attached hydrogens (tertiary/aromatic N) is 5. The maximum atomic E-state index is 12.6. The lowest BCUT2D eigenvalue weighted by Crippen LogP contribution is -2.14. The van der Waals surface area contributed by atoms with Crippen LogP contribution in [0.2, 0.25) is 0 Å². The molecule has 24 heavy (non-hydrogen) atoms. The number of imidazole rings is 1. The van der Waals surface area contributed by atoms with Crippen LogP contribution in [0.25, 0.3) is 11.3 Å². The van der Waals surface area contributed by atoms with E-state index in [9.17, 15) is 4.79 Å². The summed E-state index contributed by atoms with van der Waals surface area (Å²) in [5.41, 5.74) is 3.49. The Kier molecular flexibility index (Phi) is 3.31.